The number of carbonyl (C=O) groups excluding carboxylic acids is 3. The van der Waals surface area contributed by atoms with Crippen molar-refractivity contribution in [3.8, 4) is 0 Å². The van der Waals surface area contributed by atoms with Crippen molar-refractivity contribution in [3.05, 3.63) is 80.2 Å². The minimum atomic E-state index is -0.334. The zero-order valence-corrected chi connectivity index (χ0v) is 17.2. The number of fused-ring (bicyclic) bond motifs is 1. The molecular weight excluding hydrogens is 404 g/mol. The van der Waals surface area contributed by atoms with E-state index in [9.17, 15) is 19.2 Å². The Kier molecular flexibility index (Phi) is 5.04. The number of aromatic nitrogens is 2. The molecule has 0 radical (unpaired) electrons. The number of benzene rings is 1. The highest BCUT2D eigenvalue weighted by Gasteiger charge is 2.35. The summed E-state index contributed by atoms with van der Waals surface area (Å²) in [4.78, 5) is 54.9. The number of hydrogen-bond acceptors (Lipinski definition) is 6. The molecule has 30 heavy (non-hydrogen) atoms. The first kappa shape index (κ1) is 19.7. The number of thiazole rings is 1. The van der Waals surface area contributed by atoms with Crippen molar-refractivity contribution in [2.24, 2.45) is 0 Å². The van der Waals surface area contributed by atoms with Crippen LogP contribution in [-0.4, -0.2) is 32.2 Å². The van der Waals surface area contributed by atoms with E-state index >= 15 is 0 Å². The molecule has 0 bridgehead atoms. The average molecular weight is 422 g/mol. The van der Waals surface area contributed by atoms with Crippen molar-refractivity contribution >= 4 is 34.2 Å². The molecule has 0 aliphatic carbocycles. The molecule has 152 valence electrons. The standard InChI is InChI=1S/C21H18N4O4S/c1-12-7-14(26)8-13(2)24(12)11-18(27)23-21-22-9-15(30-21)10-25-19(28)16-5-3-4-6-17(16)20(25)29/h3-9H,10-11H2,1-2H3,(H,22,23,27). The molecule has 1 N–H and O–H groups in total. The second-order valence-electron chi connectivity index (χ2n) is 6.98. The molecule has 0 atom stereocenters. The molecule has 4 rings (SSSR count). The zero-order chi connectivity index (χ0) is 21.4. The van der Waals surface area contributed by atoms with Gasteiger partial charge in [-0.3, -0.25) is 24.1 Å². The normalized spacial score (nSPS) is 12.9. The van der Waals surface area contributed by atoms with Crippen LogP contribution in [-0.2, 0) is 17.9 Å². The maximum Gasteiger partial charge on any atom is 0.261 e. The van der Waals surface area contributed by atoms with Crippen LogP contribution >= 0.6 is 11.3 Å². The smallest absolute Gasteiger partial charge is 0.261 e. The van der Waals surface area contributed by atoms with Gasteiger partial charge in [-0.15, -0.1) is 0 Å². The number of rotatable bonds is 5. The average Bonchev–Trinajstić information content (AvgIpc) is 3.23. The van der Waals surface area contributed by atoms with E-state index < -0.39 is 0 Å². The number of carbonyl (C=O) groups is 3. The van der Waals surface area contributed by atoms with E-state index in [2.05, 4.69) is 10.3 Å². The van der Waals surface area contributed by atoms with Gasteiger partial charge in [-0.05, 0) is 26.0 Å². The number of hydrogen-bond donors (Lipinski definition) is 1. The Bertz CT molecular complexity index is 1180. The molecule has 1 aliphatic rings. The molecule has 3 aromatic rings. The minimum absolute atomic E-state index is 0.0469. The highest BCUT2D eigenvalue weighted by molar-refractivity contribution is 7.15. The summed E-state index contributed by atoms with van der Waals surface area (Å²) in [5.41, 5.74) is 2.08. The fourth-order valence-electron chi connectivity index (χ4n) is 3.42. The lowest BCUT2D eigenvalue weighted by Gasteiger charge is -2.13. The van der Waals surface area contributed by atoms with Gasteiger partial charge in [0.25, 0.3) is 11.8 Å². The molecule has 9 heteroatoms. The van der Waals surface area contributed by atoms with Crippen LogP contribution in [0.25, 0.3) is 0 Å². The summed E-state index contributed by atoms with van der Waals surface area (Å²) in [6.45, 7) is 3.68. The molecule has 3 amide bonds. The monoisotopic (exact) mass is 422 g/mol. The zero-order valence-electron chi connectivity index (χ0n) is 16.3. The van der Waals surface area contributed by atoms with E-state index in [-0.39, 0.29) is 36.2 Å². The van der Waals surface area contributed by atoms with Gasteiger partial charge in [0.15, 0.2) is 10.6 Å². The van der Waals surface area contributed by atoms with Crippen molar-refractivity contribution in [2.75, 3.05) is 5.32 Å². The third-order valence-corrected chi connectivity index (χ3v) is 5.75. The number of imide groups is 1. The molecule has 3 heterocycles. The molecule has 0 saturated carbocycles. The van der Waals surface area contributed by atoms with E-state index in [1.54, 1.807) is 48.9 Å². The van der Waals surface area contributed by atoms with Gasteiger partial charge in [0.2, 0.25) is 5.91 Å². The maximum absolute atomic E-state index is 12.5. The van der Waals surface area contributed by atoms with Crippen LogP contribution in [0, 0.1) is 13.8 Å². The van der Waals surface area contributed by atoms with Gasteiger partial charge in [0.05, 0.1) is 17.7 Å². The van der Waals surface area contributed by atoms with Crippen LogP contribution in [0.15, 0.2) is 47.4 Å². The van der Waals surface area contributed by atoms with Crippen molar-refractivity contribution < 1.29 is 14.4 Å². The number of anilines is 1. The highest BCUT2D eigenvalue weighted by atomic mass is 32.1. The van der Waals surface area contributed by atoms with Crippen LogP contribution < -0.4 is 10.7 Å². The Morgan fingerprint density at radius 2 is 1.63 bits per heavy atom. The van der Waals surface area contributed by atoms with Gasteiger partial charge in [-0.2, -0.15) is 0 Å². The first-order chi connectivity index (χ1) is 14.3. The Labute approximate surface area is 175 Å². The minimum Gasteiger partial charge on any atom is -0.340 e. The molecule has 0 saturated heterocycles. The van der Waals surface area contributed by atoms with Gasteiger partial charge in [0, 0.05) is 34.6 Å². The molecule has 0 spiro atoms. The number of aryl methyl sites for hydroxylation is 2. The number of nitrogens with one attached hydrogen (secondary N) is 1. The lowest BCUT2D eigenvalue weighted by Crippen LogP contribution is -2.28. The summed E-state index contributed by atoms with van der Waals surface area (Å²) in [5.74, 6) is -0.955. The summed E-state index contributed by atoms with van der Waals surface area (Å²) in [6, 6.07) is 9.66. The SMILES string of the molecule is Cc1cc(=O)cc(C)n1CC(=O)Nc1ncc(CN2C(=O)c3ccccc3C2=O)s1. The van der Waals surface area contributed by atoms with Crippen molar-refractivity contribution in [3.63, 3.8) is 0 Å². The van der Waals surface area contributed by atoms with Gasteiger partial charge >= 0.3 is 0 Å². The maximum atomic E-state index is 12.5. The number of nitrogens with zero attached hydrogens (tertiary/aromatic N) is 3. The third kappa shape index (κ3) is 3.67. The van der Waals surface area contributed by atoms with Crippen LogP contribution in [0.5, 0.6) is 0 Å². The Morgan fingerprint density at radius 1 is 1.03 bits per heavy atom. The quantitative estimate of drug-likeness (QED) is 0.636. The Balaban J connectivity index is 1.43. The Morgan fingerprint density at radius 3 is 2.23 bits per heavy atom. The largest absolute Gasteiger partial charge is 0.340 e. The molecule has 0 unspecified atom stereocenters. The summed E-state index contributed by atoms with van der Waals surface area (Å²) < 4.78 is 1.74. The van der Waals surface area contributed by atoms with Crippen molar-refractivity contribution in [2.45, 2.75) is 26.9 Å². The topological polar surface area (TPSA) is 101 Å². The predicted octanol–water partition coefficient (Wildman–Crippen LogP) is 2.36. The highest BCUT2D eigenvalue weighted by Crippen LogP contribution is 2.27. The molecule has 2 aromatic heterocycles. The summed E-state index contributed by atoms with van der Waals surface area (Å²) in [6.07, 6.45) is 1.54. The second-order valence-corrected chi connectivity index (χ2v) is 8.10. The second kappa shape index (κ2) is 7.68. The van der Waals surface area contributed by atoms with Crippen LogP contribution in [0.1, 0.15) is 37.0 Å². The third-order valence-electron chi connectivity index (χ3n) is 4.85. The van der Waals surface area contributed by atoms with E-state index in [1.807, 2.05) is 0 Å². The summed E-state index contributed by atoms with van der Waals surface area (Å²) in [5, 5.41) is 3.10. The molecule has 1 aliphatic heterocycles. The molecular formula is C21H18N4O4S. The van der Waals surface area contributed by atoms with E-state index in [0.717, 1.165) is 0 Å². The van der Waals surface area contributed by atoms with Gasteiger partial charge in [-0.1, -0.05) is 23.5 Å². The van der Waals surface area contributed by atoms with Gasteiger partial charge in [-0.25, -0.2) is 4.98 Å². The van der Waals surface area contributed by atoms with E-state index in [0.29, 0.717) is 32.5 Å². The van der Waals surface area contributed by atoms with E-state index in [1.165, 1.54) is 28.4 Å². The fraction of sp³-hybridized carbons (Fsp3) is 0.190. The number of amides is 3. The molecule has 8 nitrogen and oxygen atoms in total. The predicted molar refractivity (Wildman–Crippen MR) is 112 cm³/mol. The van der Waals surface area contributed by atoms with Crippen molar-refractivity contribution in [1.82, 2.24) is 14.5 Å². The molecule has 0 fully saturated rings. The number of pyridine rings is 1. The van der Waals surface area contributed by atoms with Gasteiger partial charge < -0.3 is 9.88 Å². The molecule has 1 aromatic carbocycles. The Hall–Kier alpha value is -3.59. The van der Waals surface area contributed by atoms with Crippen LogP contribution in [0.4, 0.5) is 5.13 Å². The first-order valence-electron chi connectivity index (χ1n) is 9.21. The lowest BCUT2D eigenvalue weighted by atomic mass is 10.1. The fourth-order valence-corrected chi connectivity index (χ4v) is 4.23. The summed E-state index contributed by atoms with van der Waals surface area (Å²) in [7, 11) is 0. The van der Waals surface area contributed by atoms with Crippen LogP contribution in [0.3, 0.4) is 0 Å². The van der Waals surface area contributed by atoms with Crippen molar-refractivity contribution in [1.29, 1.82) is 0 Å². The van der Waals surface area contributed by atoms with Gasteiger partial charge in [0.1, 0.15) is 6.54 Å². The lowest BCUT2D eigenvalue weighted by molar-refractivity contribution is -0.116. The first-order valence-corrected chi connectivity index (χ1v) is 10.0. The summed E-state index contributed by atoms with van der Waals surface area (Å²) >= 11 is 1.20. The van der Waals surface area contributed by atoms with E-state index in [4.69, 9.17) is 0 Å². The van der Waals surface area contributed by atoms with Crippen LogP contribution in [0.2, 0.25) is 0 Å².